The van der Waals surface area contributed by atoms with E-state index in [2.05, 4.69) is 5.32 Å². The highest BCUT2D eigenvalue weighted by atomic mass is 35.5. The zero-order valence-electron chi connectivity index (χ0n) is 20.5. The summed E-state index contributed by atoms with van der Waals surface area (Å²) in [4.78, 5) is 42.5. The van der Waals surface area contributed by atoms with Crippen LogP contribution in [0.3, 0.4) is 0 Å². The zero-order valence-corrected chi connectivity index (χ0v) is 22.8. The molecule has 37 heavy (non-hydrogen) atoms. The van der Waals surface area contributed by atoms with Crippen molar-refractivity contribution in [1.29, 1.82) is 0 Å². The normalized spacial score (nSPS) is 11.1. The number of hydrogen-bond donors (Lipinski definition) is 1. The van der Waals surface area contributed by atoms with Crippen molar-refractivity contribution in [3.63, 3.8) is 0 Å². The van der Waals surface area contributed by atoms with Crippen LogP contribution in [0, 0.1) is 6.92 Å². The minimum absolute atomic E-state index is 0.00289. The average Bonchev–Trinajstić information content (AvgIpc) is 2.88. The molecule has 0 aliphatic carbocycles. The fourth-order valence-electron chi connectivity index (χ4n) is 4.13. The second kappa shape index (κ2) is 11.1. The Labute approximate surface area is 229 Å². The van der Waals surface area contributed by atoms with Gasteiger partial charge in [-0.1, -0.05) is 53.9 Å². The minimum atomic E-state index is -0.350. The summed E-state index contributed by atoms with van der Waals surface area (Å²) in [5, 5.41) is 4.90. The summed E-state index contributed by atoms with van der Waals surface area (Å²) in [7, 11) is 1.63. The number of aryl methyl sites for hydroxylation is 1. The number of carbonyl (C=O) groups excluding carboxylic acids is 2. The molecule has 0 atom stereocenters. The van der Waals surface area contributed by atoms with Crippen LogP contribution in [0.4, 0.5) is 5.69 Å². The molecule has 2 aromatic heterocycles. The van der Waals surface area contributed by atoms with Crippen LogP contribution in [0.25, 0.3) is 33.4 Å². The van der Waals surface area contributed by atoms with Crippen molar-refractivity contribution < 1.29 is 9.59 Å². The van der Waals surface area contributed by atoms with Crippen LogP contribution < -0.4 is 10.9 Å². The number of rotatable bonds is 7. The van der Waals surface area contributed by atoms with Crippen LogP contribution in [0.5, 0.6) is 0 Å². The van der Waals surface area contributed by atoms with Gasteiger partial charge in [0.2, 0.25) is 5.91 Å². The maximum Gasteiger partial charge on any atom is 0.256 e. The molecule has 0 saturated heterocycles. The molecule has 0 saturated carbocycles. The van der Waals surface area contributed by atoms with E-state index in [1.165, 1.54) is 4.57 Å². The first kappa shape index (κ1) is 26.9. The fourth-order valence-corrected chi connectivity index (χ4v) is 4.75. The van der Waals surface area contributed by atoms with Gasteiger partial charge in [-0.15, -0.1) is 0 Å². The molecule has 0 aliphatic heterocycles. The molecule has 9 heteroatoms. The molecular formula is C28H24Cl3N3O3. The molecule has 0 aliphatic rings. The van der Waals surface area contributed by atoms with E-state index in [9.17, 15) is 14.4 Å². The van der Waals surface area contributed by atoms with E-state index < -0.39 is 0 Å². The number of anilines is 1. The monoisotopic (exact) mass is 555 g/mol. The smallest absolute Gasteiger partial charge is 0.256 e. The third kappa shape index (κ3) is 5.57. The summed E-state index contributed by atoms with van der Waals surface area (Å²) in [5.74, 6) is -0.353. The lowest BCUT2D eigenvalue weighted by molar-refractivity contribution is -0.122. The van der Waals surface area contributed by atoms with Crippen molar-refractivity contribution in [2.45, 2.75) is 33.1 Å². The standard InChI is InChI=1S/C28H24Cl3N3O3/c1-4-19(35)10-12-24(36)32-25-15(2)28(37)34(3)27-22(25)14-21(16-5-7-17(29)8-6-16)26(33-27)20-11-9-18(30)13-23(20)31/h5-9,11,13-14H,4,10,12H2,1-3H3,(H,32,36). The summed E-state index contributed by atoms with van der Waals surface area (Å²) < 4.78 is 1.44. The Morgan fingerprint density at radius 1 is 0.946 bits per heavy atom. The second-order valence-electron chi connectivity index (χ2n) is 8.69. The molecule has 2 heterocycles. The van der Waals surface area contributed by atoms with Gasteiger partial charge in [0.1, 0.15) is 11.4 Å². The molecule has 4 aromatic rings. The van der Waals surface area contributed by atoms with Crippen LogP contribution in [-0.2, 0) is 16.6 Å². The van der Waals surface area contributed by atoms with E-state index in [-0.39, 0.29) is 30.1 Å². The number of fused-ring (bicyclic) bond motifs is 1. The lowest BCUT2D eigenvalue weighted by atomic mass is 9.97. The molecule has 6 nitrogen and oxygen atoms in total. The number of nitrogens with zero attached hydrogens (tertiary/aromatic N) is 2. The van der Waals surface area contributed by atoms with E-state index in [0.717, 1.165) is 11.1 Å². The van der Waals surface area contributed by atoms with Crippen LogP contribution >= 0.6 is 34.8 Å². The van der Waals surface area contributed by atoms with Gasteiger partial charge in [0.25, 0.3) is 5.56 Å². The quantitative estimate of drug-likeness (QED) is 0.260. The average molecular weight is 557 g/mol. The van der Waals surface area contributed by atoms with Gasteiger partial charge in [-0.25, -0.2) is 4.98 Å². The van der Waals surface area contributed by atoms with E-state index in [1.54, 1.807) is 51.2 Å². The molecule has 0 spiro atoms. The Hall–Kier alpha value is -3.19. The summed E-state index contributed by atoms with van der Waals surface area (Å²) in [6.07, 6.45) is 0.530. The Bertz CT molecular complexity index is 1600. The molecule has 0 radical (unpaired) electrons. The third-order valence-electron chi connectivity index (χ3n) is 6.22. The first-order valence-electron chi connectivity index (χ1n) is 11.7. The maximum absolute atomic E-state index is 13.1. The number of nitrogens with one attached hydrogen (secondary N) is 1. The van der Waals surface area contributed by atoms with Crippen molar-refractivity contribution in [2.24, 2.45) is 7.05 Å². The number of benzene rings is 2. The molecular weight excluding hydrogens is 533 g/mol. The number of Topliss-reactive ketones (excluding diaryl/α,β-unsaturated/α-hetero) is 1. The Morgan fingerprint density at radius 3 is 2.27 bits per heavy atom. The van der Waals surface area contributed by atoms with Crippen molar-refractivity contribution in [1.82, 2.24) is 9.55 Å². The first-order chi connectivity index (χ1) is 17.6. The van der Waals surface area contributed by atoms with Gasteiger partial charge >= 0.3 is 0 Å². The topological polar surface area (TPSA) is 81.1 Å². The van der Waals surface area contributed by atoms with E-state index in [0.29, 0.717) is 55.0 Å². The second-order valence-corrected chi connectivity index (χ2v) is 9.97. The molecule has 0 fully saturated rings. The lowest BCUT2D eigenvalue weighted by Gasteiger charge is -2.18. The van der Waals surface area contributed by atoms with Gasteiger partial charge in [-0.05, 0) is 48.9 Å². The highest BCUT2D eigenvalue weighted by Crippen LogP contribution is 2.39. The first-order valence-corrected chi connectivity index (χ1v) is 12.8. The lowest BCUT2D eigenvalue weighted by Crippen LogP contribution is -2.24. The van der Waals surface area contributed by atoms with Gasteiger partial charge in [-0.2, -0.15) is 0 Å². The largest absolute Gasteiger partial charge is 0.325 e. The number of carbonyl (C=O) groups is 2. The molecule has 190 valence electrons. The van der Waals surface area contributed by atoms with E-state index in [1.807, 2.05) is 18.2 Å². The zero-order chi connectivity index (χ0) is 26.9. The highest BCUT2D eigenvalue weighted by Gasteiger charge is 2.21. The number of hydrogen-bond acceptors (Lipinski definition) is 4. The minimum Gasteiger partial charge on any atom is -0.325 e. The summed E-state index contributed by atoms with van der Waals surface area (Å²) in [6, 6.07) is 14.3. The van der Waals surface area contributed by atoms with E-state index >= 15 is 0 Å². The SMILES string of the molecule is CCC(=O)CCC(=O)Nc1c(C)c(=O)n(C)c2nc(-c3ccc(Cl)cc3Cl)c(-c3ccc(Cl)cc3)cc12. The van der Waals surface area contributed by atoms with Crippen LogP contribution in [0.1, 0.15) is 31.7 Å². The van der Waals surface area contributed by atoms with Crippen molar-refractivity contribution in [2.75, 3.05) is 5.32 Å². The Kier molecular flexibility index (Phi) is 8.02. The molecule has 4 rings (SSSR count). The molecule has 0 bridgehead atoms. The summed E-state index contributed by atoms with van der Waals surface area (Å²) >= 11 is 18.8. The van der Waals surface area contributed by atoms with Gasteiger partial charge in [0.05, 0.1) is 16.4 Å². The molecule has 2 aromatic carbocycles. The number of halogens is 3. The van der Waals surface area contributed by atoms with Gasteiger partial charge in [0.15, 0.2) is 0 Å². The summed E-state index contributed by atoms with van der Waals surface area (Å²) in [6.45, 7) is 3.41. The Morgan fingerprint density at radius 2 is 1.62 bits per heavy atom. The van der Waals surface area contributed by atoms with Crippen molar-refractivity contribution >= 4 is 63.2 Å². The van der Waals surface area contributed by atoms with Crippen LogP contribution in [-0.4, -0.2) is 21.2 Å². The summed E-state index contributed by atoms with van der Waals surface area (Å²) in [5.41, 5.74) is 3.52. The van der Waals surface area contributed by atoms with Crippen molar-refractivity contribution in [3.05, 3.63) is 79.5 Å². The van der Waals surface area contributed by atoms with E-state index in [4.69, 9.17) is 39.8 Å². The predicted molar refractivity (Wildman–Crippen MR) is 151 cm³/mol. The Balaban J connectivity index is 1.99. The van der Waals surface area contributed by atoms with Crippen LogP contribution in [0.15, 0.2) is 53.3 Å². The molecule has 1 N–H and O–H groups in total. The number of aromatic nitrogens is 2. The third-order valence-corrected chi connectivity index (χ3v) is 7.02. The number of pyridine rings is 2. The van der Waals surface area contributed by atoms with Gasteiger partial charge in [0, 0.05) is 58.4 Å². The fraction of sp³-hybridized carbons (Fsp3) is 0.214. The van der Waals surface area contributed by atoms with Gasteiger partial charge < -0.3 is 5.32 Å². The predicted octanol–water partition coefficient (Wildman–Crippen LogP) is 7.23. The molecule has 1 amide bonds. The van der Waals surface area contributed by atoms with Crippen LogP contribution in [0.2, 0.25) is 15.1 Å². The number of ketones is 1. The number of amides is 1. The van der Waals surface area contributed by atoms with Crippen molar-refractivity contribution in [3.8, 4) is 22.4 Å². The molecule has 0 unspecified atom stereocenters. The van der Waals surface area contributed by atoms with Gasteiger partial charge in [-0.3, -0.25) is 19.0 Å². The maximum atomic E-state index is 13.1. The highest BCUT2D eigenvalue weighted by molar-refractivity contribution is 6.36.